The molecule has 0 saturated carbocycles. The second-order valence-electron chi connectivity index (χ2n) is 9.26. The van der Waals surface area contributed by atoms with E-state index in [0.29, 0.717) is 32.8 Å². The Hall–Kier alpha value is -2.32. The number of amides is 2. The van der Waals surface area contributed by atoms with E-state index in [1.807, 2.05) is 51.1 Å². The van der Waals surface area contributed by atoms with Gasteiger partial charge in [-0.15, -0.1) is 0 Å². The monoisotopic (exact) mass is 433 g/mol. The summed E-state index contributed by atoms with van der Waals surface area (Å²) >= 11 is 0. The zero-order chi connectivity index (χ0) is 22.4. The zero-order valence-corrected chi connectivity index (χ0v) is 19.0. The second-order valence-corrected chi connectivity index (χ2v) is 9.26. The summed E-state index contributed by atoms with van der Waals surface area (Å²) in [5.41, 5.74) is 0.469. The first kappa shape index (κ1) is 23.3. The van der Waals surface area contributed by atoms with Crippen LogP contribution in [0.15, 0.2) is 30.3 Å². The lowest BCUT2D eigenvalue weighted by Gasteiger charge is -2.36. The number of carbonyl (C=O) groups is 2. The van der Waals surface area contributed by atoms with E-state index in [9.17, 15) is 9.59 Å². The van der Waals surface area contributed by atoms with Gasteiger partial charge in [0.25, 0.3) is 0 Å². The van der Waals surface area contributed by atoms with Crippen molar-refractivity contribution in [2.24, 2.45) is 0 Å². The number of benzene rings is 1. The lowest BCUT2D eigenvalue weighted by Crippen LogP contribution is -2.54. The highest BCUT2D eigenvalue weighted by Crippen LogP contribution is 2.17. The van der Waals surface area contributed by atoms with E-state index < -0.39 is 5.60 Å². The molecule has 3 atom stereocenters. The Kier molecular flexibility index (Phi) is 7.78. The number of rotatable bonds is 5. The predicted octanol–water partition coefficient (Wildman–Crippen LogP) is 3.01. The molecular formula is C23H35N3O5. The summed E-state index contributed by atoms with van der Waals surface area (Å²) in [6, 6.07) is 9.86. The molecule has 2 aliphatic rings. The van der Waals surface area contributed by atoms with Gasteiger partial charge in [-0.05, 0) is 39.7 Å². The van der Waals surface area contributed by atoms with Crippen molar-refractivity contribution in [2.75, 3.05) is 32.8 Å². The fraction of sp³-hybridized carbons (Fsp3) is 0.652. The van der Waals surface area contributed by atoms with Gasteiger partial charge in [0.15, 0.2) is 0 Å². The van der Waals surface area contributed by atoms with Crippen LogP contribution < -0.4 is 5.32 Å². The Balaban J connectivity index is 1.43. The smallest absolute Gasteiger partial charge is 0.410 e. The first-order valence-electron chi connectivity index (χ1n) is 11.0. The molecule has 8 heteroatoms. The van der Waals surface area contributed by atoms with Gasteiger partial charge in [-0.25, -0.2) is 9.59 Å². The largest absolute Gasteiger partial charge is 0.445 e. The summed E-state index contributed by atoms with van der Waals surface area (Å²) in [6.45, 7) is 10.7. The minimum Gasteiger partial charge on any atom is -0.445 e. The molecule has 0 aromatic heterocycles. The maximum absolute atomic E-state index is 12.5. The molecule has 3 rings (SSSR count). The lowest BCUT2D eigenvalue weighted by atomic mass is 10.1. The minimum atomic E-state index is -0.496. The van der Waals surface area contributed by atoms with Crippen molar-refractivity contribution in [3.05, 3.63) is 35.9 Å². The standard InChI is InChI=1S/C23H35N3O5/c1-17(24-19-10-11-25(14-19)22(28)31-23(2,3)4)20-15-26(12-13-29-20)21(27)30-16-18-8-6-5-7-9-18/h5-9,17,19-20,24H,10-16H2,1-4H3/t17-,19-,20-/m0/s1. The van der Waals surface area contributed by atoms with Crippen LogP contribution in [0.5, 0.6) is 0 Å². The molecule has 2 aliphatic heterocycles. The van der Waals surface area contributed by atoms with Crippen molar-refractivity contribution in [1.82, 2.24) is 15.1 Å². The third-order valence-corrected chi connectivity index (χ3v) is 5.45. The molecule has 2 amide bonds. The fourth-order valence-corrected chi connectivity index (χ4v) is 3.82. The van der Waals surface area contributed by atoms with Crippen molar-refractivity contribution < 1.29 is 23.8 Å². The molecule has 0 aliphatic carbocycles. The highest BCUT2D eigenvalue weighted by molar-refractivity contribution is 5.68. The highest BCUT2D eigenvalue weighted by atomic mass is 16.6. The summed E-state index contributed by atoms with van der Waals surface area (Å²) in [7, 11) is 0. The van der Waals surface area contributed by atoms with E-state index in [-0.39, 0.29) is 37.0 Å². The van der Waals surface area contributed by atoms with Crippen molar-refractivity contribution in [1.29, 1.82) is 0 Å². The van der Waals surface area contributed by atoms with Crippen LogP contribution in [-0.2, 0) is 20.8 Å². The van der Waals surface area contributed by atoms with Crippen LogP contribution in [-0.4, -0.2) is 78.6 Å². The maximum Gasteiger partial charge on any atom is 0.410 e. The van der Waals surface area contributed by atoms with Crippen LogP contribution in [0.3, 0.4) is 0 Å². The third-order valence-electron chi connectivity index (χ3n) is 5.45. The van der Waals surface area contributed by atoms with Crippen molar-refractivity contribution in [2.45, 2.75) is 64.5 Å². The second kappa shape index (κ2) is 10.3. The highest BCUT2D eigenvalue weighted by Gasteiger charge is 2.34. The Morgan fingerprint density at radius 3 is 2.55 bits per heavy atom. The molecule has 1 aromatic carbocycles. The van der Waals surface area contributed by atoms with E-state index in [1.54, 1.807) is 9.80 Å². The maximum atomic E-state index is 12.5. The number of ether oxygens (including phenoxy) is 3. The quantitative estimate of drug-likeness (QED) is 0.769. The normalized spacial score (nSPS) is 22.8. The zero-order valence-electron chi connectivity index (χ0n) is 19.0. The van der Waals surface area contributed by atoms with Crippen LogP contribution in [0.25, 0.3) is 0 Å². The summed E-state index contributed by atoms with van der Waals surface area (Å²) in [4.78, 5) is 28.2. The fourth-order valence-electron chi connectivity index (χ4n) is 3.82. The minimum absolute atomic E-state index is 0.0355. The summed E-state index contributed by atoms with van der Waals surface area (Å²) < 4.78 is 16.8. The molecular weight excluding hydrogens is 398 g/mol. The van der Waals surface area contributed by atoms with E-state index in [1.165, 1.54) is 0 Å². The van der Waals surface area contributed by atoms with E-state index in [0.717, 1.165) is 12.0 Å². The van der Waals surface area contributed by atoms with Gasteiger partial charge in [0, 0.05) is 31.7 Å². The average Bonchev–Trinajstić information content (AvgIpc) is 3.20. The first-order valence-corrected chi connectivity index (χ1v) is 11.0. The number of nitrogens with one attached hydrogen (secondary N) is 1. The number of likely N-dealkylation sites (tertiary alicyclic amines) is 1. The summed E-state index contributed by atoms with van der Waals surface area (Å²) in [6.07, 6.45) is 0.139. The lowest BCUT2D eigenvalue weighted by molar-refractivity contribution is -0.0431. The van der Waals surface area contributed by atoms with E-state index >= 15 is 0 Å². The molecule has 8 nitrogen and oxygen atoms in total. The van der Waals surface area contributed by atoms with E-state index in [4.69, 9.17) is 14.2 Å². The summed E-state index contributed by atoms with van der Waals surface area (Å²) in [5.74, 6) is 0. The SMILES string of the molecule is C[C@H](N[C@H]1CCN(C(=O)OC(C)(C)C)C1)[C@@H]1CN(C(=O)OCc2ccccc2)CCO1. The van der Waals surface area contributed by atoms with Gasteiger partial charge >= 0.3 is 12.2 Å². The van der Waals surface area contributed by atoms with Gasteiger partial charge in [0.2, 0.25) is 0 Å². The Morgan fingerprint density at radius 1 is 1.13 bits per heavy atom. The Labute approximate surface area is 184 Å². The number of morpholine rings is 1. The van der Waals surface area contributed by atoms with Gasteiger partial charge < -0.3 is 29.3 Å². The molecule has 0 unspecified atom stereocenters. The molecule has 0 radical (unpaired) electrons. The molecule has 1 aromatic rings. The van der Waals surface area contributed by atoms with Gasteiger partial charge in [-0.2, -0.15) is 0 Å². The molecule has 0 bridgehead atoms. The van der Waals surface area contributed by atoms with Gasteiger partial charge in [0.1, 0.15) is 12.2 Å². The van der Waals surface area contributed by atoms with Gasteiger partial charge in [-0.1, -0.05) is 30.3 Å². The van der Waals surface area contributed by atoms with Gasteiger partial charge in [0.05, 0.1) is 19.3 Å². The molecule has 2 saturated heterocycles. The molecule has 1 N–H and O–H groups in total. The third kappa shape index (κ3) is 7.11. The average molecular weight is 434 g/mol. The molecule has 172 valence electrons. The van der Waals surface area contributed by atoms with Crippen LogP contribution in [0, 0.1) is 0 Å². The topological polar surface area (TPSA) is 80.3 Å². The molecule has 2 heterocycles. The van der Waals surface area contributed by atoms with Crippen molar-refractivity contribution in [3.8, 4) is 0 Å². The van der Waals surface area contributed by atoms with Crippen molar-refractivity contribution >= 4 is 12.2 Å². The van der Waals surface area contributed by atoms with Gasteiger partial charge in [-0.3, -0.25) is 0 Å². The van der Waals surface area contributed by atoms with Crippen molar-refractivity contribution in [3.63, 3.8) is 0 Å². The number of hydrogen-bond acceptors (Lipinski definition) is 6. The summed E-state index contributed by atoms with van der Waals surface area (Å²) in [5, 5.41) is 3.56. The van der Waals surface area contributed by atoms with E-state index in [2.05, 4.69) is 12.2 Å². The van der Waals surface area contributed by atoms with Crippen LogP contribution in [0.4, 0.5) is 9.59 Å². The molecule has 2 fully saturated rings. The van der Waals surface area contributed by atoms with Crippen LogP contribution >= 0.6 is 0 Å². The van der Waals surface area contributed by atoms with Crippen LogP contribution in [0.2, 0.25) is 0 Å². The number of hydrogen-bond donors (Lipinski definition) is 1. The number of carbonyl (C=O) groups excluding carboxylic acids is 2. The Morgan fingerprint density at radius 2 is 1.84 bits per heavy atom. The molecule has 0 spiro atoms. The first-order chi connectivity index (χ1) is 14.7. The number of nitrogens with zero attached hydrogens (tertiary/aromatic N) is 2. The Bertz CT molecular complexity index is 736. The van der Waals surface area contributed by atoms with Crippen LogP contribution in [0.1, 0.15) is 39.7 Å². The molecule has 31 heavy (non-hydrogen) atoms. The predicted molar refractivity (Wildman–Crippen MR) is 117 cm³/mol.